The zero-order valence-corrected chi connectivity index (χ0v) is 15.0. The number of benzene rings is 1. The number of ether oxygens (including phenoxy) is 1. The SMILES string of the molecule is CC(C)COc1ccc(CCNC(=O)C2CCNCC2)cc1.Cl. The van der Waals surface area contributed by atoms with Crippen molar-refractivity contribution >= 4 is 18.3 Å². The van der Waals surface area contributed by atoms with E-state index in [1.807, 2.05) is 12.1 Å². The van der Waals surface area contributed by atoms with E-state index in [-0.39, 0.29) is 24.2 Å². The Balaban J connectivity index is 0.00000264. The number of piperidine rings is 1. The highest BCUT2D eigenvalue weighted by molar-refractivity contribution is 5.85. The maximum atomic E-state index is 12.0. The molecule has 0 atom stereocenters. The number of hydrogen-bond donors (Lipinski definition) is 2. The van der Waals surface area contributed by atoms with Gasteiger partial charge in [0, 0.05) is 12.5 Å². The van der Waals surface area contributed by atoms with Gasteiger partial charge in [0.2, 0.25) is 5.91 Å². The molecule has 130 valence electrons. The number of carbonyl (C=O) groups is 1. The van der Waals surface area contributed by atoms with E-state index in [0.29, 0.717) is 12.5 Å². The van der Waals surface area contributed by atoms with Crippen molar-refractivity contribution in [3.63, 3.8) is 0 Å². The van der Waals surface area contributed by atoms with Gasteiger partial charge in [-0.2, -0.15) is 0 Å². The van der Waals surface area contributed by atoms with Crippen LogP contribution in [-0.4, -0.2) is 32.1 Å². The van der Waals surface area contributed by atoms with Gasteiger partial charge in [-0.15, -0.1) is 12.4 Å². The monoisotopic (exact) mass is 340 g/mol. The van der Waals surface area contributed by atoms with Crippen LogP contribution >= 0.6 is 12.4 Å². The van der Waals surface area contributed by atoms with Gasteiger partial charge in [0.1, 0.15) is 5.75 Å². The first kappa shape index (κ1) is 19.8. The molecule has 0 aromatic heterocycles. The molecule has 0 radical (unpaired) electrons. The second-order valence-corrected chi connectivity index (χ2v) is 6.41. The Kier molecular flexibility index (Phi) is 9.03. The summed E-state index contributed by atoms with van der Waals surface area (Å²) in [6, 6.07) is 8.16. The first-order valence-corrected chi connectivity index (χ1v) is 8.35. The third-order valence-corrected chi connectivity index (χ3v) is 3.93. The van der Waals surface area contributed by atoms with Crippen LogP contribution in [0.2, 0.25) is 0 Å². The van der Waals surface area contributed by atoms with Gasteiger partial charge < -0.3 is 15.4 Å². The summed E-state index contributed by atoms with van der Waals surface area (Å²) in [6.45, 7) is 7.63. The van der Waals surface area contributed by atoms with E-state index < -0.39 is 0 Å². The molecule has 2 rings (SSSR count). The number of rotatable bonds is 7. The van der Waals surface area contributed by atoms with Crippen LogP contribution in [0.3, 0.4) is 0 Å². The van der Waals surface area contributed by atoms with Crippen molar-refractivity contribution in [3.8, 4) is 5.75 Å². The van der Waals surface area contributed by atoms with Gasteiger partial charge in [0.05, 0.1) is 6.61 Å². The Morgan fingerprint density at radius 3 is 2.52 bits per heavy atom. The topological polar surface area (TPSA) is 50.4 Å². The van der Waals surface area contributed by atoms with Crippen LogP contribution in [0.25, 0.3) is 0 Å². The van der Waals surface area contributed by atoms with Gasteiger partial charge in [-0.1, -0.05) is 26.0 Å². The lowest BCUT2D eigenvalue weighted by molar-refractivity contribution is -0.125. The fourth-order valence-electron chi connectivity index (χ4n) is 2.57. The molecule has 1 saturated heterocycles. The number of nitrogens with one attached hydrogen (secondary N) is 2. The van der Waals surface area contributed by atoms with E-state index in [9.17, 15) is 4.79 Å². The molecule has 1 fully saturated rings. The predicted molar refractivity (Wildman–Crippen MR) is 96.3 cm³/mol. The molecular formula is C18H29ClN2O2. The summed E-state index contributed by atoms with van der Waals surface area (Å²) in [6.07, 6.45) is 2.77. The van der Waals surface area contributed by atoms with Gasteiger partial charge in [0.25, 0.3) is 0 Å². The lowest BCUT2D eigenvalue weighted by Crippen LogP contribution is -2.38. The Labute approximate surface area is 145 Å². The molecule has 0 aliphatic carbocycles. The molecular weight excluding hydrogens is 312 g/mol. The number of halogens is 1. The van der Waals surface area contributed by atoms with Crippen molar-refractivity contribution in [2.75, 3.05) is 26.2 Å². The van der Waals surface area contributed by atoms with Gasteiger partial charge in [0.15, 0.2) is 0 Å². The van der Waals surface area contributed by atoms with Crippen molar-refractivity contribution < 1.29 is 9.53 Å². The number of amides is 1. The molecule has 0 saturated carbocycles. The summed E-state index contributed by atoms with van der Waals surface area (Å²) in [5.41, 5.74) is 1.22. The lowest BCUT2D eigenvalue weighted by Gasteiger charge is -2.21. The average Bonchev–Trinajstić information content (AvgIpc) is 2.55. The minimum Gasteiger partial charge on any atom is -0.493 e. The van der Waals surface area contributed by atoms with E-state index in [2.05, 4.69) is 36.6 Å². The molecule has 1 amide bonds. The maximum Gasteiger partial charge on any atom is 0.223 e. The van der Waals surface area contributed by atoms with Gasteiger partial charge >= 0.3 is 0 Å². The second-order valence-electron chi connectivity index (χ2n) is 6.41. The third kappa shape index (κ3) is 7.23. The summed E-state index contributed by atoms with van der Waals surface area (Å²) in [5.74, 6) is 1.84. The van der Waals surface area contributed by atoms with Crippen LogP contribution in [0.1, 0.15) is 32.3 Å². The minimum absolute atomic E-state index is 0. The lowest BCUT2D eigenvalue weighted by atomic mass is 9.97. The van der Waals surface area contributed by atoms with Gasteiger partial charge in [-0.3, -0.25) is 4.79 Å². The number of carbonyl (C=O) groups excluding carboxylic acids is 1. The summed E-state index contributed by atoms with van der Waals surface area (Å²) >= 11 is 0. The summed E-state index contributed by atoms with van der Waals surface area (Å²) in [5, 5.41) is 6.34. The molecule has 5 heteroatoms. The minimum atomic E-state index is 0. The Morgan fingerprint density at radius 2 is 1.91 bits per heavy atom. The van der Waals surface area contributed by atoms with Crippen LogP contribution in [0.4, 0.5) is 0 Å². The highest BCUT2D eigenvalue weighted by atomic mass is 35.5. The van der Waals surface area contributed by atoms with Crippen molar-refractivity contribution in [1.29, 1.82) is 0 Å². The second kappa shape index (κ2) is 10.5. The molecule has 1 aliphatic heterocycles. The maximum absolute atomic E-state index is 12.0. The van der Waals surface area contributed by atoms with Crippen molar-refractivity contribution in [2.45, 2.75) is 33.1 Å². The molecule has 2 N–H and O–H groups in total. The molecule has 1 aromatic carbocycles. The average molecular weight is 341 g/mol. The molecule has 0 bridgehead atoms. The van der Waals surface area contributed by atoms with Crippen LogP contribution in [-0.2, 0) is 11.2 Å². The highest BCUT2D eigenvalue weighted by Crippen LogP contribution is 2.14. The molecule has 4 nitrogen and oxygen atoms in total. The molecule has 0 unspecified atom stereocenters. The van der Waals surface area contributed by atoms with Gasteiger partial charge in [-0.25, -0.2) is 0 Å². The number of hydrogen-bond acceptors (Lipinski definition) is 3. The van der Waals surface area contributed by atoms with Crippen LogP contribution in [0, 0.1) is 11.8 Å². The molecule has 23 heavy (non-hydrogen) atoms. The van der Waals surface area contributed by atoms with E-state index in [1.54, 1.807) is 0 Å². The van der Waals surface area contributed by atoms with E-state index in [4.69, 9.17) is 4.74 Å². The molecule has 1 heterocycles. The Hall–Kier alpha value is -1.26. The summed E-state index contributed by atoms with van der Waals surface area (Å²) in [4.78, 5) is 12.0. The first-order chi connectivity index (χ1) is 10.6. The largest absolute Gasteiger partial charge is 0.493 e. The van der Waals surface area contributed by atoms with Crippen LogP contribution in [0.5, 0.6) is 5.75 Å². The smallest absolute Gasteiger partial charge is 0.223 e. The Morgan fingerprint density at radius 1 is 1.26 bits per heavy atom. The predicted octanol–water partition coefficient (Wildman–Crippen LogP) is 2.80. The molecule has 0 spiro atoms. The van der Waals surface area contributed by atoms with E-state index in [0.717, 1.165) is 44.7 Å². The van der Waals surface area contributed by atoms with Gasteiger partial charge in [-0.05, 0) is 56.0 Å². The van der Waals surface area contributed by atoms with E-state index >= 15 is 0 Å². The van der Waals surface area contributed by atoms with Crippen molar-refractivity contribution in [3.05, 3.63) is 29.8 Å². The summed E-state index contributed by atoms with van der Waals surface area (Å²) < 4.78 is 5.67. The third-order valence-electron chi connectivity index (χ3n) is 3.93. The standard InChI is InChI=1S/C18H28N2O2.ClH/c1-14(2)13-22-17-5-3-15(4-6-17)7-12-20-18(21)16-8-10-19-11-9-16;/h3-6,14,16,19H,7-13H2,1-2H3,(H,20,21);1H. The Bertz CT molecular complexity index is 457. The fraction of sp³-hybridized carbons (Fsp3) is 0.611. The summed E-state index contributed by atoms with van der Waals surface area (Å²) in [7, 11) is 0. The van der Waals surface area contributed by atoms with E-state index in [1.165, 1.54) is 5.56 Å². The molecule has 1 aromatic rings. The first-order valence-electron chi connectivity index (χ1n) is 8.35. The van der Waals surface area contributed by atoms with Crippen molar-refractivity contribution in [2.24, 2.45) is 11.8 Å². The fourth-order valence-corrected chi connectivity index (χ4v) is 2.57. The quantitative estimate of drug-likeness (QED) is 0.802. The zero-order valence-electron chi connectivity index (χ0n) is 14.1. The molecule has 1 aliphatic rings. The van der Waals surface area contributed by atoms with Crippen LogP contribution in [0.15, 0.2) is 24.3 Å². The zero-order chi connectivity index (χ0) is 15.8. The normalized spacial score (nSPS) is 15.1. The highest BCUT2D eigenvalue weighted by Gasteiger charge is 2.20. The van der Waals surface area contributed by atoms with Crippen LogP contribution < -0.4 is 15.4 Å². The van der Waals surface area contributed by atoms with Crippen molar-refractivity contribution in [1.82, 2.24) is 10.6 Å².